The summed E-state index contributed by atoms with van der Waals surface area (Å²) in [6, 6.07) is 3.75. The maximum absolute atomic E-state index is 11.6. The lowest BCUT2D eigenvalue weighted by Gasteiger charge is -2.12. The van der Waals surface area contributed by atoms with Gasteiger partial charge in [-0.15, -0.1) is 0 Å². The van der Waals surface area contributed by atoms with Crippen molar-refractivity contribution in [2.24, 2.45) is 0 Å². The van der Waals surface area contributed by atoms with Crippen molar-refractivity contribution in [2.45, 2.75) is 25.9 Å². The van der Waals surface area contributed by atoms with E-state index in [0.717, 1.165) is 5.76 Å². The smallest absolute Gasteiger partial charge is 0.242 e. The highest BCUT2D eigenvalue weighted by Crippen LogP contribution is 2.03. The van der Waals surface area contributed by atoms with Crippen LogP contribution >= 0.6 is 0 Å². The van der Waals surface area contributed by atoms with Gasteiger partial charge >= 0.3 is 0 Å². The Morgan fingerprint density at radius 1 is 1.65 bits per heavy atom. The normalized spacial score (nSPS) is 12.3. The molecule has 1 N–H and O–H groups in total. The third-order valence-electron chi connectivity index (χ3n) is 2.27. The molecule has 0 fully saturated rings. The Labute approximate surface area is 98.6 Å². The standard InChI is InChI=1S/C11H14N4O2/c1-9(5-10-3-2-4-17-10)14-11(16)6-15-8-12-7-13-15/h2-4,7-9H,5-6H2,1H3,(H,14,16)/t9-/m1/s1. The van der Waals surface area contributed by atoms with Gasteiger partial charge in [-0.1, -0.05) is 0 Å². The fourth-order valence-electron chi connectivity index (χ4n) is 1.56. The van der Waals surface area contributed by atoms with Crippen LogP contribution in [0.25, 0.3) is 0 Å². The van der Waals surface area contributed by atoms with Gasteiger partial charge in [0, 0.05) is 12.5 Å². The molecule has 2 aromatic heterocycles. The van der Waals surface area contributed by atoms with Crippen molar-refractivity contribution in [1.29, 1.82) is 0 Å². The molecule has 0 aromatic carbocycles. The minimum absolute atomic E-state index is 0.0252. The maximum atomic E-state index is 11.6. The number of carbonyl (C=O) groups excluding carboxylic acids is 1. The summed E-state index contributed by atoms with van der Waals surface area (Å²) in [5.41, 5.74) is 0. The van der Waals surface area contributed by atoms with Crippen LogP contribution in [0, 0.1) is 0 Å². The molecule has 0 saturated carbocycles. The summed E-state index contributed by atoms with van der Waals surface area (Å²) >= 11 is 0. The van der Waals surface area contributed by atoms with Crippen molar-refractivity contribution in [1.82, 2.24) is 20.1 Å². The van der Waals surface area contributed by atoms with Crippen LogP contribution in [0.2, 0.25) is 0 Å². The van der Waals surface area contributed by atoms with Gasteiger partial charge in [0.1, 0.15) is 25.0 Å². The molecule has 1 atom stereocenters. The van der Waals surface area contributed by atoms with E-state index in [4.69, 9.17) is 4.42 Å². The van der Waals surface area contributed by atoms with Gasteiger partial charge in [0.05, 0.1) is 6.26 Å². The van der Waals surface area contributed by atoms with Gasteiger partial charge in [0.15, 0.2) is 0 Å². The third kappa shape index (κ3) is 3.44. The number of aromatic nitrogens is 3. The highest BCUT2D eigenvalue weighted by Gasteiger charge is 2.10. The van der Waals surface area contributed by atoms with E-state index in [1.54, 1.807) is 6.26 Å². The number of hydrogen-bond acceptors (Lipinski definition) is 4. The van der Waals surface area contributed by atoms with E-state index in [9.17, 15) is 4.79 Å². The van der Waals surface area contributed by atoms with E-state index in [-0.39, 0.29) is 18.5 Å². The number of nitrogens with zero attached hydrogens (tertiary/aromatic N) is 3. The van der Waals surface area contributed by atoms with E-state index in [0.29, 0.717) is 6.42 Å². The second-order valence-electron chi connectivity index (χ2n) is 3.85. The molecular weight excluding hydrogens is 220 g/mol. The Morgan fingerprint density at radius 3 is 3.18 bits per heavy atom. The average molecular weight is 234 g/mol. The minimum Gasteiger partial charge on any atom is -0.469 e. The van der Waals surface area contributed by atoms with E-state index in [1.165, 1.54) is 17.3 Å². The summed E-state index contributed by atoms with van der Waals surface area (Å²) in [7, 11) is 0. The van der Waals surface area contributed by atoms with Crippen LogP contribution in [0.5, 0.6) is 0 Å². The molecule has 0 unspecified atom stereocenters. The molecule has 2 heterocycles. The zero-order chi connectivity index (χ0) is 12.1. The van der Waals surface area contributed by atoms with Crippen LogP contribution in [0.4, 0.5) is 0 Å². The summed E-state index contributed by atoms with van der Waals surface area (Å²) in [5, 5.41) is 6.73. The minimum atomic E-state index is -0.0884. The van der Waals surface area contributed by atoms with Crippen molar-refractivity contribution in [3.8, 4) is 0 Å². The summed E-state index contributed by atoms with van der Waals surface area (Å²) in [4.78, 5) is 15.4. The summed E-state index contributed by atoms with van der Waals surface area (Å²) in [5.74, 6) is 0.771. The Morgan fingerprint density at radius 2 is 2.53 bits per heavy atom. The number of furan rings is 1. The second-order valence-corrected chi connectivity index (χ2v) is 3.85. The molecule has 0 saturated heterocycles. The molecule has 1 amide bonds. The van der Waals surface area contributed by atoms with Gasteiger partial charge in [-0.25, -0.2) is 9.67 Å². The Kier molecular flexibility index (Phi) is 3.54. The van der Waals surface area contributed by atoms with Crippen molar-refractivity contribution >= 4 is 5.91 Å². The van der Waals surface area contributed by atoms with E-state index < -0.39 is 0 Å². The molecule has 0 bridgehead atoms. The summed E-state index contributed by atoms with van der Waals surface area (Å²) in [6.07, 6.45) is 5.21. The zero-order valence-electron chi connectivity index (χ0n) is 9.54. The quantitative estimate of drug-likeness (QED) is 0.823. The number of hydrogen-bond donors (Lipinski definition) is 1. The first-order chi connectivity index (χ1) is 8.24. The molecule has 90 valence electrons. The first-order valence-corrected chi connectivity index (χ1v) is 5.38. The van der Waals surface area contributed by atoms with Crippen molar-refractivity contribution in [3.05, 3.63) is 36.8 Å². The summed E-state index contributed by atoms with van der Waals surface area (Å²) < 4.78 is 6.69. The molecule has 0 aliphatic carbocycles. The number of carbonyl (C=O) groups is 1. The van der Waals surface area contributed by atoms with Gasteiger partial charge < -0.3 is 9.73 Å². The Bertz CT molecular complexity index is 450. The largest absolute Gasteiger partial charge is 0.469 e. The zero-order valence-corrected chi connectivity index (χ0v) is 9.54. The Hall–Kier alpha value is -2.11. The van der Waals surface area contributed by atoms with Gasteiger partial charge in [-0.05, 0) is 19.1 Å². The molecule has 6 nitrogen and oxygen atoms in total. The summed E-state index contributed by atoms with van der Waals surface area (Å²) in [6.45, 7) is 2.12. The predicted octanol–water partition coefficient (Wildman–Crippen LogP) is 0.619. The second kappa shape index (κ2) is 5.29. The lowest BCUT2D eigenvalue weighted by Crippen LogP contribution is -2.36. The average Bonchev–Trinajstić information content (AvgIpc) is 2.90. The molecule has 0 radical (unpaired) electrons. The topological polar surface area (TPSA) is 73.0 Å². The van der Waals surface area contributed by atoms with Crippen molar-refractivity contribution < 1.29 is 9.21 Å². The van der Waals surface area contributed by atoms with E-state index in [2.05, 4.69) is 15.4 Å². The van der Waals surface area contributed by atoms with E-state index >= 15 is 0 Å². The highest BCUT2D eigenvalue weighted by molar-refractivity contribution is 5.75. The third-order valence-corrected chi connectivity index (χ3v) is 2.27. The van der Waals surface area contributed by atoms with Gasteiger partial charge in [-0.3, -0.25) is 4.79 Å². The monoisotopic (exact) mass is 234 g/mol. The van der Waals surface area contributed by atoms with Crippen LogP contribution in [-0.4, -0.2) is 26.7 Å². The van der Waals surface area contributed by atoms with Gasteiger partial charge in [0.2, 0.25) is 5.91 Å². The van der Waals surface area contributed by atoms with Crippen LogP contribution in [-0.2, 0) is 17.8 Å². The van der Waals surface area contributed by atoms with Crippen molar-refractivity contribution in [2.75, 3.05) is 0 Å². The van der Waals surface area contributed by atoms with Gasteiger partial charge in [0.25, 0.3) is 0 Å². The molecule has 0 aliphatic rings. The lowest BCUT2D eigenvalue weighted by atomic mass is 10.2. The predicted molar refractivity (Wildman–Crippen MR) is 60.0 cm³/mol. The number of nitrogens with one attached hydrogen (secondary N) is 1. The van der Waals surface area contributed by atoms with Crippen LogP contribution in [0.3, 0.4) is 0 Å². The number of rotatable bonds is 5. The first kappa shape index (κ1) is 11.4. The first-order valence-electron chi connectivity index (χ1n) is 5.38. The van der Waals surface area contributed by atoms with Crippen LogP contribution in [0.15, 0.2) is 35.5 Å². The molecular formula is C11H14N4O2. The highest BCUT2D eigenvalue weighted by atomic mass is 16.3. The van der Waals surface area contributed by atoms with E-state index in [1.807, 2.05) is 19.1 Å². The van der Waals surface area contributed by atoms with Crippen LogP contribution in [0.1, 0.15) is 12.7 Å². The molecule has 2 rings (SSSR count). The van der Waals surface area contributed by atoms with Gasteiger partial charge in [-0.2, -0.15) is 5.10 Å². The molecule has 2 aromatic rings. The maximum Gasteiger partial charge on any atom is 0.242 e. The molecule has 6 heteroatoms. The fraction of sp³-hybridized carbons (Fsp3) is 0.364. The molecule has 0 spiro atoms. The number of amides is 1. The van der Waals surface area contributed by atoms with Crippen LogP contribution < -0.4 is 5.32 Å². The lowest BCUT2D eigenvalue weighted by molar-refractivity contribution is -0.122. The molecule has 17 heavy (non-hydrogen) atoms. The molecule has 0 aliphatic heterocycles. The SMILES string of the molecule is C[C@H](Cc1ccco1)NC(=O)Cn1cncn1. The Balaban J connectivity index is 1.78. The fourth-order valence-corrected chi connectivity index (χ4v) is 1.56. The van der Waals surface area contributed by atoms with Crippen molar-refractivity contribution in [3.63, 3.8) is 0 Å².